The number of halogens is 1. The molecule has 20 heavy (non-hydrogen) atoms. The third kappa shape index (κ3) is 2.60. The van der Waals surface area contributed by atoms with Gasteiger partial charge in [-0.15, -0.1) is 11.3 Å². The summed E-state index contributed by atoms with van der Waals surface area (Å²) in [5.41, 5.74) is 2.14. The fourth-order valence-corrected chi connectivity index (χ4v) is 3.24. The van der Waals surface area contributed by atoms with Gasteiger partial charge in [0.15, 0.2) is 3.95 Å². The predicted octanol–water partition coefficient (Wildman–Crippen LogP) is 4.86. The lowest BCUT2D eigenvalue weighted by molar-refractivity contribution is 0.102. The number of aromatic amines is 1. The van der Waals surface area contributed by atoms with Crippen molar-refractivity contribution in [1.82, 2.24) is 4.98 Å². The zero-order chi connectivity index (χ0) is 14.1. The Balaban J connectivity index is 1.91. The van der Waals surface area contributed by atoms with E-state index in [1.54, 1.807) is 24.3 Å². The molecular weight excluding hydrogens is 312 g/mol. The second-order valence-corrected chi connectivity index (χ2v) is 6.29. The van der Waals surface area contributed by atoms with Gasteiger partial charge in [-0.1, -0.05) is 23.7 Å². The summed E-state index contributed by atoms with van der Waals surface area (Å²) in [5.74, 6) is -0.228. The molecule has 0 aliphatic carbocycles. The highest BCUT2D eigenvalue weighted by Crippen LogP contribution is 2.24. The summed E-state index contributed by atoms with van der Waals surface area (Å²) in [6.07, 6.45) is 0. The molecule has 0 bridgehead atoms. The van der Waals surface area contributed by atoms with E-state index in [1.807, 2.05) is 18.2 Å². The van der Waals surface area contributed by atoms with Gasteiger partial charge in [0, 0.05) is 5.69 Å². The molecule has 3 rings (SSSR count). The van der Waals surface area contributed by atoms with Crippen LogP contribution >= 0.6 is 35.2 Å². The van der Waals surface area contributed by atoms with Crippen LogP contribution in [0.3, 0.4) is 0 Å². The lowest BCUT2D eigenvalue weighted by Crippen LogP contribution is -2.12. The number of carbonyl (C=O) groups is 1. The van der Waals surface area contributed by atoms with Crippen LogP contribution in [0.5, 0.6) is 0 Å². The number of nitrogens with one attached hydrogen (secondary N) is 2. The van der Waals surface area contributed by atoms with Crippen molar-refractivity contribution in [1.29, 1.82) is 0 Å². The molecule has 0 unspecified atom stereocenters. The summed E-state index contributed by atoms with van der Waals surface area (Å²) < 4.78 is 1.72. The van der Waals surface area contributed by atoms with E-state index in [0.29, 0.717) is 16.3 Å². The number of thiazole rings is 1. The molecule has 0 aliphatic rings. The maximum absolute atomic E-state index is 12.2. The van der Waals surface area contributed by atoms with Crippen LogP contribution in [0.2, 0.25) is 5.02 Å². The van der Waals surface area contributed by atoms with Gasteiger partial charge in [-0.05, 0) is 42.5 Å². The number of benzene rings is 2. The zero-order valence-electron chi connectivity index (χ0n) is 10.1. The first-order valence-corrected chi connectivity index (χ1v) is 7.42. The van der Waals surface area contributed by atoms with Crippen molar-refractivity contribution in [3.8, 4) is 0 Å². The predicted molar refractivity (Wildman–Crippen MR) is 86.4 cm³/mol. The standard InChI is InChI=1S/C14H9ClN2OS2/c15-10-4-2-1-3-9(10)13(18)16-8-5-6-11-12(7-8)20-14(19)17-11/h1-7H,(H,16,18)(H,17,19). The van der Waals surface area contributed by atoms with E-state index in [1.165, 1.54) is 11.3 Å². The first-order chi connectivity index (χ1) is 9.63. The van der Waals surface area contributed by atoms with Crippen molar-refractivity contribution in [2.24, 2.45) is 0 Å². The van der Waals surface area contributed by atoms with E-state index in [9.17, 15) is 4.79 Å². The van der Waals surface area contributed by atoms with E-state index in [4.69, 9.17) is 23.8 Å². The van der Waals surface area contributed by atoms with Gasteiger partial charge < -0.3 is 10.3 Å². The van der Waals surface area contributed by atoms with Crippen LogP contribution in [-0.4, -0.2) is 10.9 Å². The Bertz CT molecular complexity index is 854. The van der Waals surface area contributed by atoms with Crippen LogP contribution in [0.4, 0.5) is 5.69 Å². The molecular formula is C14H9ClN2OS2. The van der Waals surface area contributed by atoms with Gasteiger partial charge in [0.2, 0.25) is 0 Å². The van der Waals surface area contributed by atoms with Crippen molar-refractivity contribution in [2.45, 2.75) is 0 Å². The van der Waals surface area contributed by atoms with Gasteiger partial charge in [0.1, 0.15) is 0 Å². The van der Waals surface area contributed by atoms with Gasteiger partial charge in [0.05, 0.1) is 20.8 Å². The lowest BCUT2D eigenvalue weighted by atomic mass is 10.2. The largest absolute Gasteiger partial charge is 0.337 e. The fourth-order valence-electron chi connectivity index (χ4n) is 1.87. The maximum Gasteiger partial charge on any atom is 0.257 e. The fraction of sp³-hybridized carbons (Fsp3) is 0. The van der Waals surface area contributed by atoms with E-state index < -0.39 is 0 Å². The van der Waals surface area contributed by atoms with Crippen molar-refractivity contribution >= 4 is 57.0 Å². The van der Waals surface area contributed by atoms with Crippen molar-refractivity contribution < 1.29 is 4.79 Å². The highest BCUT2D eigenvalue weighted by Gasteiger charge is 2.10. The molecule has 3 aromatic rings. The molecule has 3 nitrogen and oxygen atoms in total. The Hall–Kier alpha value is -1.69. The zero-order valence-corrected chi connectivity index (χ0v) is 12.5. The normalized spacial score (nSPS) is 10.7. The molecule has 0 spiro atoms. The van der Waals surface area contributed by atoms with Crippen LogP contribution in [0, 0.1) is 3.95 Å². The summed E-state index contributed by atoms with van der Waals surface area (Å²) in [6.45, 7) is 0. The Morgan fingerprint density at radius 1 is 1.25 bits per heavy atom. The summed E-state index contributed by atoms with van der Waals surface area (Å²) in [6, 6.07) is 12.6. The number of hydrogen-bond acceptors (Lipinski definition) is 3. The van der Waals surface area contributed by atoms with E-state index in [-0.39, 0.29) is 5.91 Å². The van der Waals surface area contributed by atoms with E-state index in [0.717, 1.165) is 14.2 Å². The minimum Gasteiger partial charge on any atom is -0.337 e. The molecule has 2 N–H and O–H groups in total. The average Bonchev–Trinajstić information content (AvgIpc) is 2.78. The highest BCUT2D eigenvalue weighted by atomic mass is 35.5. The summed E-state index contributed by atoms with van der Waals surface area (Å²) in [5, 5.41) is 3.27. The molecule has 2 aromatic carbocycles. The number of H-pyrrole nitrogens is 1. The van der Waals surface area contributed by atoms with Gasteiger partial charge in [-0.2, -0.15) is 0 Å². The topological polar surface area (TPSA) is 44.9 Å². The van der Waals surface area contributed by atoms with Crippen molar-refractivity contribution in [2.75, 3.05) is 5.32 Å². The summed E-state index contributed by atoms with van der Waals surface area (Å²) in [7, 11) is 0. The van der Waals surface area contributed by atoms with Crippen LogP contribution in [0.1, 0.15) is 10.4 Å². The highest BCUT2D eigenvalue weighted by molar-refractivity contribution is 7.73. The molecule has 100 valence electrons. The molecule has 0 fully saturated rings. The van der Waals surface area contributed by atoms with Gasteiger partial charge in [-0.3, -0.25) is 4.79 Å². The van der Waals surface area contributed by atoms with Crippen molar-refractivity contribution in [3.63, 3.8) is 0 Å². The number of amides is 1. The molecule has 0 aliphatic heterocycles. The van der Waals surface area contributed by atoms with Gasteiger partial charge >= 0.3 is 0 Å². The first-order valence-electron chi connectivity index (χ1n) is 5.82. The smallest absolute Gasteiger partial charge is 0.257 e. The molecule has 0 saturated heterocycles. The molecule has 0 atom stereocenters. The summed E-state index contributed by atoms with van der Waals surface area (Å²) >= 11 is 12.6. The molecule has 1 amide bonds. The molecule has 1 aromatic heterocycles. The van der Waals surface area contributed by atoms with Crippen LogP contribution in [-0.2, 0) is 0 Å². The lowest BCUT2D eigenvalue weighted by Gasteiger charge is -2.06. The van der Waals surface area contributed by atoms with Crippen LogP contribution in [0.15, 0.2) is 42.5 Å². The third-order valence-corrected chi connectivity index (χ3v) is 4.32. The molecule has 0 radical (unpaired) electrons. The quantitative estimate of drug-likeness (QED) is 0.662. The minimum atomic E-state index is -0.228. The second-order valence-electron chi connectivity index (χ2n) is 4.16. The van der Waals surface area contributed by atoms with Crippen molar-refractivity contribution in [3.05, 3.63) is 57.0 Å². The van der Waals surface area contributed by atoms with Crippen LogP contribution < -0.4 is 5.32 Å². The molecule has 0 saturated carbocycles. The minimum absolute atomic E-state index is 0.228. The second kappa shape index (κ2) is 5.36. The maximum atomic E-state index is 12.2. The Labute approximate surface area is 129 Å². The van der Waals surface area contributed by atoms with Crippen LogP contribution in [0.25, 0.3) is 10.2 Å². The SMILES string of the molecule is O=C(Nc1ccc2[nH]c(=S)sc2c1)c1ccccc1Cl. The monoisotopic (exact) mass is 320 g/mol. The van der Waals surface area contributed by atoms with E-state index >= 15 is 0 Å². The first kappa shape index (κ1) is 13.3. The number of aromatic nitrogens is 1. The van der Waals surface area contributed by atoms with Gasteiger partial charge in [0.25, 0.3) is 5.91 Å². The Kier molecular flexibility index (Phi) is 3.56. The number of carbonyl (C=O) groups excluding carboxylic acids is 1. The third-order valence-electron chi connectivity index (χ3n) is 2.80. The summed E-state index contributed by atoms with van der Waals surface area (Å²) in [4.78, 5) is 15.2. The number of rotatable bonds is 2. The van der Waals surface area contributed by atoms with Gasteiger partial charge in [-0.25, -0.2) is 0 Å². The molecule has 6 heteroatoms. The Morgan fingerprint density at radius 3 is 2.85 bits per heavy atom. The number of hydrogen-bond donors (Lipinski definition) is 2. The Morgan fingerprint density at radius 2 is 2.05 bits per heavy atom. The number of fused-ring (bicyclic) bond motifs is 1. The molecule has 1 heterocycles. The van der Waals surface area contributed by atoms with E-state index in [2.05, 4.69) is 10.3 Å². The number of anilines is 1. The average molecular weight is 321 g/mol.